The van der Waals surface area contributed by atoms with E-state index in [0.717, 1.165) is 22.6 Å². The molecule has 0 saturated heterocycles. The molecule has 0 aliphatic rings. The second-order valence-corrected chi connectivity index (χ2v) is 7.30. The summed E-state index contributed by atoms with van der Waals surface area (Å²) >= 11 is 6.08. The maximum Gasteiger partial charge on any atom is 0.262 e. The Balaban J connectivity index is 1.57. The fourth-order valence-electron chi connectivity index (χ4n) is 2.94. The van der Waals surface area contributed by atoms with Crippen LogP contribution in [0.25, 0.3) is 0 Å². The lowest BCUT2D eigenvalue weighted by molar-refractivity contribution is -0.118. The van der Waals surface area contributed by atoms with Crippen LogP contribution in [-0.2, 0) is 11.3 Å². The standard InChI is InChI=1S/C24H25ClN2O4/c1-16-4-6-18(25)13-21(16)26-14-17-5-11-22(23(12-17)30-3)31-15-24(28)27-19-7-9-20(29-2)10-8-19/h4-13,26H,14-15H2,1-3H3,(H,27,28). The van der Waals surface area contributed by atoms with Gasteiger partial charge in [0.1, 0.15) is 5.75 Å². The number of aryl methyl sites for hydroxylation is 1. The smallest absolute Gasteiger partial charge is 0.262 e. The Kier molecular flexibility index (Phi) is 7.62. The average Bonchev–Trinajstić information content (AvgIpc) is 2.79. The summed E-state index contributed by atoms with van der Waals surface area (Å²) < 4.78 is 16.2. The summed E-state index contributed by atoms with van der Waals surface area (Å²) in [4.78, 5) is 12.2. The van der Waals surface area contributed by atoms with Crippen LogP contribution in [0.2, 0.25) is 5.02 Å². The van der Waals surface area contributed by atoms with Crippen molar-refractivity contribution in [2.75, 3.05) is 31.5 Å². The summed E-state index contributed by atoms with van der Waals surface area (Å²) in [6.45, 7) is 2.48. The molecule has 0 aromatic heterocycles. The van der Waals surface area contributed by atoms with Gasteiger partial charge in [0.25, 0.3) is 5.91 Å². The maximum absolute atomic E-state index is 12.2. The van der Waals surface area contributed by atoms with Crippen LogP contribution in [-0.4, -0.2) is 26.7 Å². The minimum atomic E-state index is -0.269. The molecule has 0 atom stereocenters. The van der Waals surface area contributed by atoms with Crippen molar-refractivity contribution in [2.45, 2.75) is 13.5 Å². The first-order valence-electron chi connectivity index (χ1n) is 9.72. The van der Waals surface area contributed by atoms with E-state index in [9.17, 15) is 4.79 Å². The van der Waals surface area contributed by atoms with E-state index in [4.69, 9.17) is 25.8 Å². The molecule has 7 heteroatoms. The van der Waals surface area contributed by atoms with Gasteiger partial charge in [0.2, 0.25) is 0 Å². The third-order valence-corrected chi connectivity index (χ3v) is 4.88. The third-order valence-electron chi connectivity index (χ3n) is 4.64. The molecule has 0 saturated carbocycles. The van der Waals surface area contributed by atoms with E-state index in [-0.39, 0.29) is 12.5 Å². The van der Waals surface area contributed by atoms with Gasteiger partial charge in [-0.25, -0.2) is 0 Å². The fourth-order valence-corrected chi connectivity index (χ4v) is 3.11. The van der Waals surface area contributed by atoms with Gasteiger partial charge in [0, 0.05) is 22.9 Å². The monoisotopic (exact) mass is 440 g/mol. The van der Waals surface area contributed by atoms with Gasteiger partial charge in [0.05, 0.1) is 14.2 Å². The molecule has 0 spiro atoms. The van der Waals surface area contributed by atoms with Gasteiger partial charge in [-0.05, 0) is 66.6 Å². The molecule has 31 heavy (non-hydrogen) atoms. The first-order chi connectivity index (χ1) is 15.0. The number of amides is 1. The van der Waals surface area contributed by atoms with E-state index in [0.29, 0.717) is 28.8 Å². The van der Waals surface area contributed by atoms with Gasteiger partial charge < -0.3 is 24.8 Å². The molecular weight excluding hydrogens is 416 g/mol. The zero-order chi connectivity index (χ0) is 22.2. The van der Waals surface area contributed by atoms with Crippen molar-refractivity contribution in [1.29, 1.82) is 0 Å². The molecule has 6 nitrogen and oxygen atoms in total. The molecule has 162 valence electrons. The topological polar surface area (TPSA) is 68.8 Å². The highest BCUT2D eigenvalue weighted by Crippen LogP contribution is 2.29. The number of hydrogen-bond donors (Lipinski definition) is 2. The Hall–Kier alpha value is -3.38. The van der Waals surface area contributed by atoms with Crippen LogP contribution in [0.1, 0.15) is 11.1 Å². The molecule has 0 aliphatic carbocycles. The molecule has 1 amide bonds. The fraction of sp³-hybridized carbons (Fsp3) is 0.208. The Morgan fingerprint density at radius 3 is 2.42 bits per heavy atom. The minimum Gasteiger partial charge on any atom is -0.497 e. The van der Waals surface area contributed by atoms with E-state index in [1.165, 1.54) is 0 Å². The summed E-state index contributed by atoms with van der Waals surface area (Å²) in [5.74, 6) is 1.50. The summed E-state index contributed by atoms with van der Waals surface area (Å²) in [5.41, 5.74) is 3.76. The lowest BCUT2D eigenvalue weighted by atomic mass is 10.1. The van der Waals surface area contributed by atoms with Crippen molar-refractivity contribution in [3.63, 3.8) is 0 Å². The molecule has 0 aliphatic heterocycles. The van der Waals surface area contributed by atoms with E-state index < -0.39 is 0 Å². The van der Waals surface area contributed by atoms with E-state index in [1.807, 2.05) is 37.3 Å². The Labute approximate surface area is 187 Å². The summed E-state index contributed by atoms with van der Waals surface area (Å²) in [5, 5.41) is 6.83. The number of carbonyl (C=O) groups is 1. The van der Waals surface area contributed by atoms with Crippen LogP contribution in [0.4, 0.5) is 11.4 Å². The number of carbonyl (C=O) groups excluding carboxylic acids is 1. The SMILES string of the molecule is COc1ccc(NC(=O)COc2ccc(CNc3cc(Cl)ccc3C)cc2OC)cc1. The van der Waals surface area contributed by atoms with Crippen molar-refractivity contribution in [3.8, 4) is 17.2 Å². The van der Waals surface area contributed by atoms with Gasteiger partial charge in [-0.2, -0.15) is 0 Å². The second-order valence-electron chi connectivity index (χ2n) is 6.86. The zero-order valence-electron chi connectivity index (χ0n) is 17.7. The van der Waals surface area contributed by atoms with Gasteiger partial charge >= 0.3 is 0 Å². The highest BCUT2D eigenvalue weighted by Gasteiger charge is 2.10. The van der Waals surface area contributed by atoms with E-state index in [2.05, 4.69) is 10.6 Å². The first-order valence-corrected chi connectivity index (χ1v) is 10.1. The molecule has 3 rings (SSSR count). The van der Waals surface area contributed by atoms with Crippen LogP contribution >= 0.6 is 11.6 Å². The van der Waals surface area contributed by atoms with Crippen LogP contribution in [0.3, 0.4) is 0 Å². The van der Waals surface area contributed by atoms with Crippen molar-refractivity contribution >= 4 is 28.9 Å². The van der Waals surface area contributed by atoms with E-state index >= 15 is 0 Å². The van der Waals surface area contributed by atoms with Crippen LogP contribution in [0, 0.1) is 6.92 Å². The molecular formula is C24H25ClN2O4. The Morgan fingerprint density at radius 1 is 0.935 bits per heavy atom. The molecule has 0 bridgehead atoms. The number of methoxy groups -OCH3 is 2. The van der Waals surface area contributed by atoms with Crippen molar-refractivity contribution in [1.82, 2.24) is 0 Å². The molecule has 3 aromatic rings. The molecule has 0 unspecified atom stereocenters. The number of ether oxygens (including phenoxy) is 3. The van der Waals surface area contributed by atoms with Crippen molar-refractivity contribution in [2.24, 2.45) is 0 Å². The molecule has 0 heterocycles. The zero-order valence-corrected chi connectivity index (χ0v) is 18.5. The van der Waals surface area contributed by atoms with Crippen molar-refractivity contribution in [3.05, 3.63) is 76.8 Å². The van der Waals surface area contributed by atoms with Gasteiger partial charge in [-0.15, -0.1) is 0 Å². The number of benzene rings is 3. The predicted octanol–water partition coefficient (Wildman–Crippen LogP) is 5.30. The van der Waals surface area contributed by atoms with Crippen LogP contribution in [0.5, 0.6) is 17.2 Å². The van der Waals surface area contributed by atoms with Crippen molar-refractivity contribution < 1.29 is 19.0 Å². The number of anilines is 2. The van der Waals surface area contributed by atoms with Gasteiger partial charge in [-0.1, -0.05) is 23.7 Å². The number of halogens is 1. The molecule has 0 fully saturated rings. The lowest BCUT2D eigenvalue weighted by Crippen LogP contribution is -2.20. The summed E-state index contributed by atoms with van der Waals surface area (Å²) in [6.07, 6.45) is 0. The molecule has 3 aromatic carbocycles. The molecule has 0 radical (unpaired) electrons. The predicted molar refractivity (Wildman–Crippen MR) is 124 cm³/mol. The lowest BCUT2D eigenvalue weighted by Gasteiger charge is -2.14. The summed E-state index contributed by atoms with van der Waals surface area (Å²) in [6, 6.07) is 18.4. The minimum absolute atomic E-state index is 0.137. The highest BCUT2D eigenvalue weighted by molar-refractivity contribution is 6.30. The number of hydrogen-bond acceptors (Lipinski definition) is 5. The van der Waals surface area contributed by atoms with Crippen LogP contribution < -0.4 is 24.8 Å². The van der Waals surface area contributed by atoms with Crippen LogP contribution in [0.15, 0.2) is 60.7 Å². The average molecular weight is 441 g/mol. The van der Waals surface area contributed by atoms with E-state index in [1.54, 1.807) is 44.6 Å². The van der Waals surface area contributed by atoms with Gasteiger partial charge in [0.15, 0.2) is 18.1 Å². The highest BCUT2D eigenvalue weighted by atomic mass is 35.5. The first kappa shape index (κ1) is 22.3. The number of nitrogens with one attached hydrogen (secondary N) is 2. The third kappa shape index (κ3) is 6.30. The summed E-state index contributed by atoms with van der Waals surface area (Å²) in [7, 11) is 3.16. The van der Waals surface area contributed by atoms with Gasteiger partial charge in [-0.3, -0.25) is 4.79 Å². The second kappa shape index (κ2) is 10.6. The normalized spacial score (nSPS) is 10.3. The Morgan fingerprint density at radius 2 is 1.71 bits per heavy atom. The molecule has 2 N–H and O–H groups in total. The maximum atomic E-state index is 12.2. The Bertz CT molecular complexity index is 1040. The number of rotatable bonds is 9. The quantitative estimate of drug-likeness (QED) is 0.472. The largest absolute Gasteiger partial charge is 0.497 e.